The summed E-state index contributed by atoms with van der Waals surface area (Å²) in [6.07, 6.45) is 1.11. The fourth-order valence-corrected chi connectivity index (χ4v) is 2.78. The van der Waals surface area contributed by atoms with Crippen molar-refractivity contribution in [2.75, 3.05) is 5.32 Å². The van der Waals surface area contributed by atoms with E-state index in [2.05, 4.69) is 43.4 Å². The molecule has 25 heavy (non-hydrogen) atoms. The summed E-state index contributed by atoms with van der Waals surface area (Å²) < 4.78 is 0. The normalized spacial score (nSPS) is 11.8. The largest absolute Gasteiger partial charge is 0.322 e. The maximum absolute atomic E-state index is 12.4. The van der Waals surface area contributed by atoms with Crippen LogP contribution in [0.25, 0.3) is 11.1 Å². The number of rotatable bonds is 5. The van der Waals surface area contributed by atoms with Crippen LogP contribution in [0, 0.1) is 0 Å². The molecule has 0 fully saturated rings. The number of amides is 1. The van der Waals surface area contributed by atoms with E-state index in [1.807, 2.05) is 54.6 Å². The summed E-state index contributed by atoms with van der Waals surface area (Å²) in [5, 5.41) is 2.96. The van der Waals surface area contributed by atoms with E-state index in [0.717, 1.165) is 23.2 Å². The van der Waals surface area contributed by atoms with Crippen molar-refractivity contribution in [2.45, 2.75) is 26.2 Å². The first kappa shape index (κ1) is 17.0. The van der Waals surface area contributed by atoms with Crippen molar-refractivity contribution in [1.82, 2.24) is 0 Å². The van der Waals surface area contributed by atoms with Crippen LogP contribution >= 0.6 is 0 Å². The maximum atomic E-state index is 12.4. The summed E-state index contributed by atoms with van der Waals surface area (Å²) in [6.45, 7) is 4.39. The van der Waals surface area contributed by atoms with Gasteiger partial charge in [-0.05, 0) is 53.3 Å². The quantitative estimate of drug-likeness (QED) is 0.600. The third kappa shape index (κ3) is 4.16. The van der Waals surface area contributed by atoms with E-state index in [9.17, 15) is 4.79 Å². The van der Waals surface area contributed by atoms with Gasteiger partial charge in [-0.3, -0.25) is 4.79 Å². The molecule has 0 unspecified atom stereocenters. The lowest BCUT2D eigenvalue weighted by atomic mass is 9.98. The third-order valence-corrected chi connectivity index (χ3v) is 4.60. The number of carbonyl (C=O) groups excluding carboxylic acids is 1. The van der Waals surface area contributed by atoms with Crippen LogP contribution in [0.15, 0.2) is 78.9 Å². The molecule has 1 atom stereocenters. The number of carbonyl (C=O) groups is 1. The first-order chi connectivity index (χ1) is 12.2. The first-order valence-corrected chi connectivity index (χ1v) is 8.74. The highest BCUT2D eigenvalue weighted by molar-refractivity contribution is 6.04. The molecule has 2 heteroatoms. The fraction of sp³-hybridized carbons (Fsp3) is 0.174. The number of nitrogens with one attached hydrogen (secondary N) is 1. The molecule has 1 N–H and O–H groups in total. The standard InChI is InChI=1S/C23H23NO/c1-3-17(2)18-13-15-22(16-14-18)24-23(25)21-11-9-20(10-12-21)19-7-5-4-6-8-19/h4-17H,3H2,1-2H3,(H,24,25)/t17-/m1/s1. The SMILES string of the molecule is CC[C@@H](C)c1ccc(NC(=O)c2ccc(-c3ccccc3)cc2)cc1. The second-order valence-electron chi connectivity index (χ2n) is 6.33. The molecule has 2 nitrogen and oxygen atoms in total. The molecule has 1 amide bonds. The van der Waals surface area contributed by atoms with Gasteiger partial charge in [0, 0.05) is 11.3 Å². The third-order valence-electron chi connectivity index (χ3n) is 4.60. The minimum Gasteiger partial charge on any atom is -0.322 e. The van der Waals surface area contributed by atoms with Crippen LogP contribution in [0.5, 0.6) is 0 Å². The van der Waals surface area contributed by atoms with Gasteiger partial charge in [-0.2, -0.15) is 0 Å². The topological polar surface area (TPSA) is 29.1 Å². The van der Waals surface area contributed by atoms with Crippen LogP contribution in [0.3, 0.4) is 0 Å². The molecular formula is C23H23NO. The smallest absolute Gasteiger partial charge is 0.255 e. The molecule has 0 aliphatic carbocycles. The predicted molar refractivity (Wildman–Crippen MR) is 105 cm³/mol. The summed E-state index contributed by atoms with van der Waals surface area (Å²) in [4.78, 5) is 12.4. The van der Waals surface area contributed by atoms with Gasteiger partial charge in [-0.25, -0.2) is 0 Å². The van der Waals surface area contributed by atoms with Gasteiger partial charge in [0.05, 0.1) is 0 Å². The molecule has 0 saturated carbocycles. The van der Waals surface area contributed by atoms with Crippen LogP contribution in [0.2, 0.25) is 0 Å². The minimum atomic E-state index is -0.0871. The van der Waals surface area contributed by atoms with Crippen molar-refractivity contribution in [3.05, 3.63) is 90.0 Å². The Balaban J connectivity index is 1.69. The average molecular weight is 329 g/mol. The summed E-state index contributed by atoms with van der Waals surface area (Å²) in [6, 6.07) is 26.0. The lowest BCUT2D eigenvalue weighted by molar-refractivity contribution is 0.102. The van der Waals surface area contributed by atoms with Gasteiger partial charge in [-0.15, -0.1) is 0 Å². The zero-order valence-corrected chi connectivity index (χ0v) is 14.7. The molecule has 0 spiro atoms. The van der Waals surface area contributed by atoms with Crippen molar-refractivity contribution in [3.63, 3.8) is 0 Å². The Hall–Kier alpha value is -2.87. The summed E-state index contributed by atoms with van der Waals surface area (Å²) >= 11 is 0. The maximum Gasteiger partial charge on any atom is 0.255 e. The molecule has 0 heterocycles. The van der Waals surface area contributed by atoms with E-state index in [-0.39, 0.29) is 5.91 Å². The van der Waals surface area contributed by atoms with Crippen LogP contribution in [-0.2, 0) is 0 Å². The van der Waals surface area contributed by atoms with Gasteiger partial charge < -0.3 is 5.32 Å². The Morgan fingerprint density at radius 1 is 0.840 bits per heavy atom. The van der Waals surface area contributed by atoms with Crippen LogP contribution < -0.4 is 5.32 Å². The van der Waals surface area contributed by atoms with Crippen molar-refractivity contribution >= 4 is 11.6 Å². The first-order valence-electron chi connectivity index (χ1n) is 8.74. The van der Waals surface area contributed by atoms with Crippen LogP contribution in [0.4, 0.5) is 5.69 Å². The monoisotopic (exact) mass is 329 g/mol. The molecule has 0 aromatic heterocycles. The van der Waals surface area contributed by atoms with Gasteiger partial charge in [0.2, 0.25) is 0 Å². The second kappa shape index (κ2) is 7.80. The molecule has 0 saturated heterocycles. The molecule has 0 aliphatic heterocycles. The number of hydrogen-bond acceptors (Lipinski definition) is 1. The highest BCUT2D eigenvalue weighted by Gasteiger charge is 2.08. The van der Waals surface area contributed by atoms with E-state index in [0.29, 0.717) is 11.5 Å². The Morgan fingerprint density at radius 3 is 2.04 bits per heavy atom. The Morgan fingerprint density at radius 2 is 1.44 bits per heavy atom. The molecule has 126 valence electrons. The summed E-state index contributed by atoms with van der Waals surface area (Å²) in [5.74, 6) is 0.450. The number of hydrogen-bond donors (Lipinski definition) is 1. The Kier molecular flexibility index (Phi) is 5.30. The van der Waals surface area contributed by atoms with E-state index >= 15 is 0 Å². The minimum absolute atomic E-state index is 0.0871. The van der Waals surface area contributed by atoms with Crippen LogP contribution in [0.1, 0.15) is 42.1 Å². The van der Waals surface area contributed by atoms with Gasteiger partial charge in [0.25, 0.3) is 5.91 Å². The zero-order valence-electron chi connectivity index (χ0n) is 14.7. The van der Waals surface area contributed by atoms with E-state index in [1.54, 1.807) is 0 Å². The van der Waals surface area contributed by atoms with Crippen molar-refractivity contribution in [3.8, 4) is 11.1 Å². The van der Waals surface area contributed by atoms with Crippen molar-refractivity contribution in [1.29, 1.82) is 0 Å². The van der Waals surface area contributed by atoms with Gasteiger partial charge in [0.1, 0.15) is 0 Å². The predicted octanol–water partition coefficient (Wildman–Crippen LogP) is 6.12. The highest BCUT2D eigenvalue weighted by Crippen LogP contribution is 2.22. The number of anilines is 1. The molecule has 0 bridgehead atoms. The van der Waals surface area contributed by atoms with E-state index in [4.69, 9.17) is 0 Å². The lowest BCUT2D eigenvalue weighted by Crippen LogP contribution is -2.11. The van der Waals surface area contributed by atoms with Crippen molar-refractivity contribution < 1.29 is 4.79 Å². The highest BCUT2D eigenvalue weighted by atomic mass is 16.1. The molecule has 0 radical (unpaired) electrons. The summed E-state index contributed by atoms with van der Waals surface area (Å²) in [5.41, 5.74) is 5.03. The number of benzene rings is 3. The molecular weight excluding hydrogens is 306 g/mol. The van der Waals surface area contributed by atoms with Crippen LogP contribution in [-0.4, -0.2) is 5.91 Å². The fourth-order valence-electron chi connectivity index (χ4n) is 2.78. The van der Waals surface area contributed by atoms with Gasteiger partial charge in [-0.1, -0.05) is 68.4 Å². The second-order valence-corrected chi connectivity index (χ2v) is 6.33. The molecule has 0 aliphatic rings. The zero-order chi connectivity index (χ0) is 17.6. The summed E-state index contributed by atoms with van der Waals surface area (Å²) in [7, 11) is 0. The average Bonchev–Trinajstić information content (AvgIpc) is 2.68. The Labute approximate surface area is 149 Å². The van der Waals surface area contributed by atoms with Gasteiger partial charge >= 0.3 is 0 Å². The lowest BCUT2D eigenvalue weighted by Gasteiger charge is -2.11. The molecule has 3 aromatic carbocycles. The van der Waals surface area contributed by atoms with Crippen molar-refractivity contribution in [2.24, 2.45) is 0 Å². The molecule has 3 rings (SSSR count). The molecule has 3 aromatic rings. The van der Waals surface area contributed by atoms with E-state index in [1.165, 1.54) is 5.56 Å². The van der Waals surface area contributed by atoms with E-state index < -0.39 is 0 Å². The van der Waals surface area contributed by atoms with Gasteiger partial charge in [0.15, 0.2) is 0 Å². The Bertz CT molecular complexity index is 820.